The summed E-state index contributed by atoms with van der Waals surface area (Å²) in [5.41, 5.74) is 0. The van der Waals surface area contributed by atoms with Crippen molar-refractivity contribution in [1.82, 2.24) is 10.6 Å². The van der Waals surface area contributed by atoms with Gasteiger partial charge in [-0.05, 0) is 52.7 Å². The second-order valence-corrected chi connectivity index (χ2v) is 11.4. The summed E-state index contributed by atoms with van der Waals surface area (Å²) in [5, 5.41) is 7.42. The monoisotopic (exact) mass is 491 g/mol. The van der Waals surface area contributed by atoms with Gasteiger partial charge in [0.25, 0.3) is 0 Å². The lowest BCUT2D eigenvalue weighted by molar-refractivity contribution is 0.560. The van der Waals surface area contributed by atoms with Gasteiger partial charge in [0, 0.05) is 17.8 Å². The zero-order valence-corrected chi connectivity index (χ0v) is 19.6. The maximum absolute atomic E-state index is 12.1. The number of rotatable bonds is 7. The SMILES string of the molecule is CCNC(=NCCS(=O)(=O)C(C)(C)C)NC1CCC(SCC)C1.I. The van der Waals surface area contributed by atoms with Crippen molar-refractivity contribution in [2.45, 2.75) is 69.9 Å². The number of halogens is 1. The fourth-order valence-electron chi connectivity index (χ4n) is 2.56. The molecular weight excluding hydrogens is 457 g/mol. The molecule has 0 spiro atoms. The zero-order valence-electron chi connectivity index (χ0n) is 15.6. The predicted octanol–water partition coefficient (Wildman–Crippen LogP) is 3.05. The molecule has 0 amide bonds. The smallest absolute Gasteiger partial charge is 0.191 e. The van der Waals surface area contributed by atoms with Gasteiger partial charge < -0.3 is 10.6 Å². The van der Waals surface area contributed by atoms with Crippen LogP contribution in [0, 0.1) is 0 Å². The number of sulfone groups is 1. The van der Waals surface area contributed by atoms with E-state index in [1.807, 2.05) is 18.7 Å². The first-order valence-electron chi connectivity index (χ1n) is 8.58. The fourth-order valence-corrected chi connectivity index (χ4v) is 4.64. The van der Waals surface area contributed by atoms with Gasteiger partial charge in [-0.25, -0.2) is 8.42 Å². The van der Waals surface area contributed by atoms with Crippen LogP contribution < -0.4 is 10.6 Å². The molecule has 0 aliphatic heterocycles. The minimum atomic E-state index is -3.12. The Kier molecular flexibility index (Phi) is 11.2. The van der Waals surface area contributed by atoms with Crippen LogP contribution in [0.1, 0.15) is 53.9 Å². The van der Waals surface area contributed by atoms with E-state index in [0.29, 0.717) is 12.6 Å². The van der Waals surface area contributed by atoms with Crippen LogP contribution in [0.4, 0.5) is 0 Å². The van der Waals surface area contributed by atoms with E-state index in [9.17, 15) is 8.42 Å². The third-order valence-corrected chi connectivity index (χ3v) is 7.85. The molecule has 0 aromatic rings. The van der Waals surface area contributed by atoms with Crippen molar-refractivity contribution in [3.63, 3.8) is 0 Å². The summed E-state index contributed by atoms with van der Waals surface area (Å²) in [6.07, 6.45) is 3.56. The molecule has 0 saturated heterocycles. The summed E-state index contributed by atoms with van der Waals surface area (Å²) in [5.74, 6) is 1.99. The van der Waals surface area contributed by atoms with E-state index >= 15 is 0 Å². The molecule has 0 heterocycles. The Hall–Kier alpha value is 0.300. The van der Waals surface area contributed by atoms with Crippen LogP contribution in [0.25, 0.3) is 0 Å². The Morgan fingerprint density at radius 3 is 2.46 bits per heavy atom. The van der Waals surface area contributed by atoms with Gasteiger partial charge in [0.1, 0.15) is 0 Å². The first kappa shape index (κ1) is 24.3. The van der Waals surface area contributed by atoms with Crippen LogP contribution >= 0.6 is 35.7 Å². The van der Waals surface area contributed by atoms with Gasteiger partial charge in [0.05, 0.1) is 17.0 Å². The molecule has 0 aromatic carbocycles. The molecule has 5 nitrogen and oxygen atoms in total. The third kappa shape index (κ3) is 8.12. The summed E-state index contributed by atoms with van der Waals surface area (Å²) >= 11 is 2.03. The molecule has 2 N–H and O–H groups in total. The van der Waals surface area contributed by atoms with Gasteiger partial charge >= 0.3 is 0 Å². The first-order valence-corrected chi connectivity index (χ1v) is 11.3. The molecule has 8 heteroatoms. The van der Waals surface area contributed by atoms with Gasteiger partial charge in [-0.15, -0.1) is 24.0 Å². The maximum Gasteiger partial charge on any atom is 0.191 e. The van der Waals surface area contributed by atoms with E-state index in [4.69, 9.17) is 0 Å². The van der Waals surface area contributed by atoms with Crippen LogP contribution in [0.15, 0.2) is 4.99 Å². The van der Waals surface area contributed by atoms with E-state index in [0.717, 1.165) is 36.3 Å². The molecule has 24 heavy (non-hydrogen) atoms. The minimum Gasteiger partial charge on any atom is -0.357 e. The largest absolute Gasteiger partial charge is 0.357 e. The first-order chi connectivity index (χ1) is 10.7. The van der Waals surface area contributed by atoms with E-state index in [1.165, 1.54) is 6.42 Å². The molecule has 1 saturated carbocycles. The quantitative estimate of drug-likeness (QED) is 0.326. The molecule has 2 unspecified atom stereocenters. The van der Waals surface area contributed by atoms with Crippen molar-refractivity contribution in [2.24, 2.45) is 4.99 Å². The Balaban J connectivity index is 0.00000529. The van der Waals surface area contributed by atoms with Gasteiger partial charge in [-0.1, -0.05) is 6.92 Å². The molecule has 0 radical (unpaired) electrons. The highest BCUT2D eigenvalue weighted by Crippen LogP contribution is 2.29. The van der Waals surface area contributed by atoms with Crippen LogP contribution in [0.2, 0.25) is 0 Å². The predicted molar refractivity (Wildman–Crippen MR) is 118 cm³/mol. The molecule has 1 rings (SSSR count). The van der Waals surface area contributed by atoms with Crippen LogP contribution in [0.5, 0.6) is 0 Å². The number of guanidine groups is 1. The van der Waals surface area contributed by atoms with Crippen LogP contribution in [-0.2, 0) is 9.84 Å². The number of aliphatic imine (C=N–C) groups is 1. The lowest BCUT2D eigenvalue weighted by atomic mass is 10.2. The van der Waals surface area contributed by atoms with Crippen molar-refractivity contribution in [1.29, 1.82) is 0 Å². The highest BCUT2D eigenvalue weighted by Gasteiger charge is 2.28. The van der Waals surface area contributed by atoms with Gasteiger partial charge in [0.15, 0.2) is 15.8 Å². The minimum absolute atomic E-state index is 0. The normalized spacial score (nSPS) is 22.1. The second-order valence-electron chi connectivity index (χ2n) is 6.92. The lowest BCUT2D eigenvalue weighted by Gasteiger charge is -2.19. The molecule has 1 aliphatic rings. The van der Waals surface area contributed by atoms with E-state index in [-0.39, 0.29) is 29.7 Å². The Morgan fingerprint density at radius 2 is 1.92 bits per heavy atom. The van der Waals surface area contributed by atoms with Crippen molar-refractivity contribution in [2.75, 3.05) is 24.6 Å². The summed E-state index contributed by atoms with van der Waals surface area (Å²) in [4.78, 5) is 4.46. The molecular formula is C16H34IN3O2S2. The average Bonchev–Trinajstić information content (AvgIpc) is 2.85. The number of nitrogens with zero attached hydrogens (tertiary/aromatic N) is 1. The van der Waals surface area contributed by atoms with Gasteiger partial charge in [0.2, 0.25) is 0 Å². The highest BCUT2D eigenvalue weighted by molar-refractivity contribution is 14.0. The summed E-state index contributed by atoms with van der Waals surface area (Å²) in [6, 6.07) is 0.441. The van der Waals surface area contributed by atoms with Crippen LogP contribution in [0.3, 0.4) is 0 Å². The second kappa shape index (κ2) is 11.1. The van der Waals surface area contributed by atoms with Crippen molar-refractivity contribution in [3.8, 4) is 0 Å². The van der Waals surface area contributed by atoms with Gasteiger partial charge in [-0.2, -0.15) is 11.8 Å². The topological polar surface area (TPSA) is 70.6 Å². The molecule has 1 fully saturated rings. The lowest BCUT2D eigenvalue weighted by Crippen LogP contribution is -2.43. The standard InChI is InChI=1S/C16H33N3O2S2.HI/c1-6-17-15(18-10-11-23(20,21)16(3,4)5)19-13-8-9-14(12-13)22-7-2;/h13-14H,6-12H2,1-5H3,(H2,17,18,19);1H. The summed E-state index contributed by atoms with van der Waals surface area (Å²) < 4.78 is 23.6. The zero-order chi connectivity index (χ0) is 17.5. The van der Waals surface area contributed by atoms with Crippen molar-refractivity contribution >= 4 is 51.5 Å². The molecule has 1 aliphatic carbocycles. The molecule has 2 atom stereocenters. The highest BCUT2D eigenvalue weighted by atomic mass is 127. The fraction of sp³-hybridized carbons (Fsp3) is 0.938. The van der Waals surface area contributed by atoms with Gasteiger partial charge in [-0.3, -0.25) is 4.99 Å². The molecule has 144 valence electrons. The number of hydrogen-bond donors (Lipinski definition) is 2. The van der Waals surface area contributed by atoms with Crippen molar-refractivity contribution in [3.05, 3.63) is 0 Å². The average molecular weight is 492 g/mol. The molecule has 0 aromatic heterocycles. The summed E-state index contributed by atoms with van der Waals surface area (Å²) in [7, 11) is -3.12. The van der Waals surface area contributed by atoms with Crippen molar-refractivity contribution < 1.29 is 8.42 Å². The van der Waals surface area contributed by atoms with E-state index < -0.39 is 14.6 Å². The van der Waals surface area contributed by atoms with E-state index in [1.54, 1.807) is 20.8 Å². The summed E-state index contributed by atoms with van der Waals surface area (Å²) in [6.45, 7) is 10.5. The Labute approximate surface area is 169 Å². The number of nitrogens with one attached hydrogen (secondary N) is 2. The number of hydrogen-bond acceptors (Lipinski definition) is 4. The molecule has 0 bridgehead atoms. The third-order valence-electron chi connectivity index (χ3n) is 4.03. The van der Waals surface area contributed by atoms with Crippen LogP contribution in [-0.4, -0.2) is 55.0 Å². The number of thioether (sulfide) groups is 1. The Morgan fingerprint density at radius 1 is 1.25 bits per heavy atom. The van der Waals surface area contributed by atoms with E-state index in [2.05, 4.69) is 22.5 Å². The Bertz CT molecular complexity index is 490. The maximum atomic E-state index is 12.1.